The highest BCUT2D eigenvalue weighted by Gasteiger charge is 1.95. The van der Waals surface area contributed by atoms with Gasteiger partial charge < -0.3 is 14.8 Å². The maximum atomic E-state index is 5.80. The summed E-state index contributed by atoms with van der Waals surface area (Å²) in [6, 6.07) is 1.76. The minimum Gasteiger partial charge on any atom is -0.491 e. The van der Waals surface area contributed by atoms with Crippen LogP contribution in [-0.2, 0) is 4.74 Å². The summed E-state index contributed by atoms with van der Waals surface area (Å²) in [4.78, 5) is 3.95. The van der Waals surface area contributed by atoms with Gasteiger partial charge >= 0.3 is 0 Å². The van der Waals surface area contributed by atoms with Crippen LogP contribution >= 0.6 is 11.6 Å². The van der Waals surface area contributed by atoms with E-state index in [4.69, 9.17) is 21.1 Å². The maximum absolute atomic E-state index is 5.80. The summed E-state index contributed by atoms with van der Waals surface area (Å²) in [7, 11) is 0. The molecule has 0 saturated carbocycles. The number of hydrogen-bond acceptors (Lipinski definition) is 4. The van der Waals surface area contributed by atoms with Crippen molar-refractivity contribution in [2.24, 2.45) is 0 Å². The molecule has 1 aromatic heterocycles. The fourth-order valence-corrected chi connectivity index (χ4v) is 1.60. The summed E-state index contributed by atoms with van der Waals surface area (Å²) in [6.07, 6.45) is 5.47. The molecule has 0 aliphatic heterocycles. The Labute approximate surface area is 114 Å². The van der Waals surface area contributed by atoms with Crippen molar-refractivity contribution in [1.29, 1.82) is 0 Å². The molecule has 1 heterocycles. The number of nitrogens with zero attached hydrogens (tertiary/aromatic N) is 1. The van der Waals surface area contributed by atoms with Crippen molar-refractivity contribution in [3.05, 3.63) is 23.5 Å². The molecule has 1 N–H and O–H groups in total. The van der Waals surface area contributed by atoms with Gasteiger partial charge in [-0.2, -0.15) is 0 Å². The van der Waals surface area contributed by atoms with Crippen LogP contribution < -0.4 is 10.1 Å². The third kappa shape index (κ3) is 7.48. The average molecular weight is 273 g/mol. The van der Waals surface area contributed by atoms with E-state index >= 15 is 0 Å². The molecule has 0 radical (unpaired) electrons. The molecular formula is C13H21ClN2O2. The third-order valence-corrected chi connectivity index (χ3v) is 2.53. The zero-order valence-electron chi connectivity index (χ0n) is 10.8. The smallest absolute Gasteiger partial charge is 0.139 e. The molecule has 5 heteroatoms. The Balaban J connectivity index is 1.92. The minimum atomic E-state index is 0.594. The quantitative estimate of drug-likeness (QED) is 0.665. The average Bonchev–Trinajstić information content (AvgIpc) is 2.37. The molecule has 0 unspecified atom stereocenters. The SMILES string of the molecule is CCOCCCCNCCOc1cncc(Cl)c1. The molecule has 1 aromatic rings. The first-order valence-electron chi connectivity index (χ1n) is 6.34. The fraction of sp³-hybridized carbons (Fsp3) is 0.615. The van der Waals surface area contributed by atoms with Gasteiger partial charge in [-0.25, -0.2) is 0 Å². The van der Waals surface area contributed by atoms with Gasteiger partial charge in [-0.05, 0) is 26.3 Å². The maximum Gasteiger partial charge on any atom is 0.139 e. The van der Waals surface area contributed by atoms with Crippen molar-refractivity contribution in [1.82, 2.24) is 10.3 Å². The second-order valence-electron chi connectivity index (χ2n) is 3.84. The largest absolute Gasteiger partial charge is 0.491 e. The number of aromatic nitrogens is 1. The zero-order valence-corrected chi connectivity index (χ0v) is 11.6. The van der Waals surface area contributed by atoms with Crippen LogP contribution in [0.4, 0.5) is 0 Å². The van der Waals surface area contributed by atoms with E-state index in [1.165, 1.54) is 0 Å². The van der Waals surface area contributed by atoms with Crippen molar-refractivity contribution in [3.8, 4) is 5.75 Å². The van der Waals surface area contributed by atoms with Gasteiger partial charge in [0.2, 0.25) is 0 Å². The van der Waals surface area contributed by atoms with E-state index in [1.54, 1.807) is 18.5 Å². The van der Waals surface area contributed by atoms with Crippen molar-refractivity contribution >= 4 is 11.6 Å². The van der Waals surface area contributed by atoms with Gasteiger partial charge in [-0.15, -0.1) is 0 Å². The van der Waals surface area contributed by atoms with Crippen LogP contribution in [0.5, 0.6) is 5.75 Å². The lowest BCUT2D eigenvalue weighted by molar-refractivity contribution is 0.143. The topological polar surface area (TPSA) is 43.4 Å². The number of halogens is 1. The number of nitrogens with one attached hydrogen (secondary N) is 1. The first-order valence-corrected chi connectivity index (χ1v) is 6.72. The van der Waals surface area contributed by atoms with E-state index < -0.39 is 0 Å². The van der Waals surface area contributed by atoms with Crippen LogP contribution in [0.25, 0.3) is 0 Å². The molecule has 18 heavy (non-hydrogen) atoms. The molecule has 0 aromatic carbocycles. The van der Waals surface area contributed by atoms with Gasteiger partial charge in [-0.3, -0.25) is 4.98 Å². The van der Waals surface area contributed by atoms with Crippen LogP contribution in [-0.4, -0.2) is 37.9 Å². The summed E-state index contributed by atoms with van der Waals surface area (Å²) in [5, 5.41) is 3.91. The van der Waals surface area contributed by atoms with Crippen molar-refractivity contribution in [3.63, 3.8) is 0 Å². The summed E-state index contributed by atoms with van der Waals surface area (Å²) in [6.45, 7) is 6.09. The predicted molar refractivity (Wildman–Crippen MR) is 73.3 cm³/mol. The van der Waals surface area contributed by atoms with E-state index in [0.29, 0.717) is 17.4 Å². The van der Waals surface area contributed by atoms with Crippen LogP contribution in [0, 0.1) is 0 Å². The molecule has 4 nitrogen and oxygen atoms in total. The Kier molecular flexibility index (Phi) is 8.55. The normalized spacial score (nSPS) is 10.6. The van der Waals surface area contributed by atoms with Gasteiger partial charge in [0.15, 0.2) is 0 Å². The molecule has 0 aliphatic carbocycles. The monoisotopic (exact) mass is 272 g/mol. The van der Waals surface area contributed by atoms with Crippen molar-refractivity contribution in [2.75, 3.05) is 32.9 Å². The van der Waals surface area contributed by atoms with Crippen molar-refractivity contribution in [2.45, 2.75) is 19.8 Å². The van der Waals surface area contributed by atoms with Crippen LogP contribution in [0.15, 0.2) is 18.5 Å². The lowest BCUT2D eigenvalue weighted by atomic mass is 10.3. The number of pyridine rings is 1. The Bertz CT molecular complexity index is 324. The molecule has 0 bridgehead atoms. The predicted octanol–water partition coefficient (Wildman–Crippen LogP) is 2.52. The summed E-state index contributed by atoms with van der Waals surface area (Å²) in [5.41, 5.74) is 0. The Morgan fingerprint density at radius 1 is 1.22 bits per heavy atom. The molecule has 0 fully saturated rings. The molecule has 102 valence electrons. The molecule has 0 amide bonds. The molecule has 0 spiro atoms. The van der Waals surface area contributed by atoms with Gasteiger partial charge in [0.1, 0.15) is 12.4 Å². The molecule has 0 saturated heterocycles. The Morgan fingerprint density at radius 3 is 2.89 bits per heavy atom. The minimum absolute atomic E-state index is 0.594. The van der Waals surface area contributed by atoms with Gasteiger partial charge in [0.25, 0.3) is 0 Å². The standard InChI is InChI=1S/C13H21ClN2O2/c1-2-17-7-4-3-5-15-6-8-18-13-9-12(14)10-16-11-13/h9-11,15H,2-8H2,1H3. The lowest BCUT2D eigenvalue weighted by Gasteiger charge is -2.07. The van der Waals surface area contributed by atoms with E-state index in [0.717, 1.165) is 39.1 Å². The lowest BCUT2D eigenvalue weighted by Crippen LogP contribution is -2.22. The fourth-order valence-electron chi connectivity index (χ4n) is 1.44. The molecule has 1 rings (SSSR count). The summed E-state index contributed by atoms with van der Waals surface area (Å²) < 4.78 is 10.8. The van der Waals surface area contributed by atoms with E-state index in [9.17, 15) is 0 Å². The second-order valence-corrected chi connectivity index (χ2v) is 4.28. The highest BCUT2D eigenvalue weighted by Crippen LogP contribution is 2.14. The van der Waals surface area contributed by atoms with Gasteiger partial charge in [0.05, 0.1) is 11.2 Å². The van der Waals surface area contributed by atoms with Crippen LogP contribution in [0.3, 0.4) is 0 Å². The zero-order chi connectivity index (χ0) is 13.1. The van der Waals surface area contributed by atoms with Gasteiger partial charge in [0, 0.05) is 32.0 Å². The van der Waals surface area contributed by atoms with Crippen LogP contribution in [0.1, 0.15) is 19.8 Å². The van der Waals surface area contributed by atoms with E-state index in [-0.39, 0.29) is 0 Å². The summed E-state index contributed by atoms with van der Waals surface area (Å²) >= 11 is 5.80. The highest BCUT2D eigenvalue weighted by molar-refractivity contribution is 6.30. The number of rotatable bonds is 10. The number of unbranched alkanes of at least 4 members (excludes halogenated alkanes) is 1. The van der Waals surface area contributed by atoms with Crippen LogP contribution in [0.2, 0.25) is 5.02 Å². The highest BCUT2D eigenvalue weighted by atomic mass is 35.5. The Hall–Kier alpha value is -0.840. The molecule has 0 atom stereocenters. The Morgan fingerprint density at radius 2 is 2.11 bits per heavy atom. The second kappa shape index (κ2) is 10.1. The number of hydrogen-bond donors (Lipinski definition) is 1. The summed E-state index contributed by atoms with van der Waals surface area (Å²) in [5.74, 6) is 0.709. The van der Waals surface area contributed by atoms with Gasteiger partial charge in [-0.1, -0.05) is 11.6 Å². The third-order valence-electron chi connectivity index (χ3n) is 2.32. The van der Waals surface area contributed by atoms with E-state index in [1.807, 2.05) is 6.92 Å². The molecular weight excluding hydrogens is 252 g/mol. The molecule has 0 aliphatic rings. The number of ether oxygens (including phenoxy) is 2. The van der Waals surface area contributed by atoms with Crippen molar-refractivity contribution < 1.29 is 9.47 Å². The van der Waals surface area contributed by atoms with E-state index in [2.05, 4.69) is 10.3 Å². The first-order chi connectivity index (χ1) is 8.83. The first kappa shape index (κ1) is 15.2.